The van der Waals surface area contributed by atoms with Crippen LogP contribution in [0.5, 0.6) is 0 Å². The van der Waals surface area contributed by atoms with E-state index in [1.807, 2.05) is 23.5 Å². The highest BCUT2D eigenvalue weighted by Gasteiger charge is 2.07. The van der Waals surface area contributed by atoms with E-state index in [4.69, 9.17) is 5.73 Å². The predicted octanol–water partition coefficient (Wildman–Crippen LogP) is 0.751. The third-order valence-corrected chi connectivity index (χ3v) is 3.49. The van der Waals surface area contributed by atoms with Gasteiger partial charge in [-0.05, 0) is 0 Å². The molecule has 1 aliphatic heterocycles. The second-order valence-electron chi connectivity index (χ2n) is 1.62. The molecule has 1 fully saturated rings. The number of rotatable bonds is 0. The van der Waals surface area contributed by atoms with Crippen molar-refractivity contribution in [3.8, 4) is 0 Å². The summed E-state index contributed by atoms with van der Waals surface area (Å²) in [5, 5.41) is 1.24. The molecule has 0 aromatic heterocycles. The standard InChI is InChI=1S/C4H9NS2/c5-4-1-6-3-7-2-4/h4H,1-3,5H2. The van der Waals surface area contributed by atoms with Crippen molar-refractivity contribution in [1.82, 2.24) is 0 Å². The molecule has 0 spiro atoms. The Morgan fingerprint density at radius 2 is 1.86 bits per heavy atom. The van der Waals surface area contributed by atoms with Gasteiger partial charge in [-0.1, -0.05) is 0 Å². The Labute approximate surface area is 52.4 Å². The van der Waals surface area contributed by atoms with Crippen LogP contribution in [0.25, 0.3) is 0 Å². The average molecular weight is 135 g/mol. The SMILES string of the molecule is NC1CSCSC1. The minimum Gasteiger partial charge on any atom is -0.326 e. The van der Waals surface area contributed by atoms with Crippen molar-refractivity contribution in [2.24, 2.45) is 5.73 Å². The number of hydrogen-bond donors (Lipinski definition) is 1. The van der Waals surface area contributed by atoms with E-state index in [0.717, 1.165) is 11.5 Å². The first-order valence-electron chi connectivity index (χ1n) is 2.30. The zero-order valence-corrected chi connectivity index (χ0v) is 5.73. The van der Waals surface area contributed by atoms with Gasteiger partial charge in [0.1, 0.15) is 0 Å². The van der Waals surface area contributed by atoms with E-state index >= 15 is 0 Å². The Kier molecular flexibility index (Phi) is 2.35. The van der Waals surface area contributed by atoms with Crippen LogP contribution in [0.15, 0.2) is 0 Å². The van der Waals surface area contributed by atoms with E-state index in [2.05, 4.69) is 0 Å². The summed E-state index contributed by atoms with van der Waals surface area (Å²) in [5.41, 5.74) is 5.59. The van der Waals surface area contributed by atoms with Gasteiger partial charge >= 0.3 is 0 Å². The fourth-order valence-electron chi connectivity index (χ4n) is 0.506. The minimum atomic E-state index is 0.462. The zero-order chi connectivity index (χ0) is 5.11. The molecule has 1 nitrogen and oxygen atoms in total. The van der Waals surface area contributed by atoms with Gasteiger partial charge in [-0.15, -0.1) is 23.5 Å². The molecule has 1 saturated heterocycles. The molecular weight excluding hydrogens is 126 g/mol. The topological polar surface area (TPSA) is 26.0 Å². The van der Waals surface area contributed by atoms with Crippen LogP contribution >= 0.6 is 23.5 Å². The van der Waals surface area contributed by atoms with E-state index in [9.17, 15) is 0 Å². The van der Waals surface area contributed by atoms with Crippen molar-refractivity contribution in [2.75, 3.05) is 16.6 Å². The summed E-state index contributed by atoms with van der Waals surface area (Å²) in [6.07, 6.45) is 0. The highest BCUT2D eigenvalue weighted by atomic mass is 32.2. The van der Waals surface area contributed by atoms with Crippen LogP contribution in [-0.2, 0) is 0 Å². The van der Waals surface area contributed by atoms with Crippen molar-refractivity contribution < 1.29 is 0 Å². The van der Waals surface area contributed by atoms with Crippen LogP contribution in [0.1, 0.15) is 0 Å². The third-order valence-electron chi connectivity index (χ3n) is 0.831. The first kappa shape index (κ1) is 5.79. The molecule has 0 radical (unpaired) electrons. The second kappa shape index (κ2) is 2.84. The summed E-state index contributed by atoms with van der Waals surface area (Å²) < 4.78 is 0. The molecule has 0 aliphatic carbocycles. The van der Waals surface area contributed by atoms with Gasteiger partial charge in [-0.25, -0.2) is 0 Å². The van der Waals surface area contributed by atoms with Crippen molar-refractivity contribution in [2.45, 2.75) is 6.04 Å². The van der Waals surface area contributed by atoms with Gasteiger partial charge in [-0.2, -0.15) is 0 Å². The Hall–Kier alpha value is 0.660. The summed E-state index contributed by atoms with van der Waals surface area (Å²) in [5.74, 6) is 2.32. The third kappa shape index (κ3) is 1.93. The maximum atomic E-state index is 5.59. The molecule has 0 bridgehead atoms. The van der Waals surface area contributed by atoms with Crippen LogP contribution in [0.3, 0.4) is 0 Å². The summed E-state index contributed by atoms with van der Waals surface area (Å²) >= 11 is 3.88. The highest BCUT2D eigenvalue weighted by molar-refractivity contribution is 8.16. The summed E-state index contributed by atoms with van der Waals surface area (Å²) in [6, 6.07) is 0.462. The molecular formula is C4H9NS2. The maximum Gasteiger partial charge on any atom is 0.0393 e. The van der Waals surface area contributed by atoms with Crippen molar-refractivity contribution in [3.63, 3.8) is 0 Å². The van der Waals surface area contributed by atoms with Gasteiger partial charge in [0.15, 0.2) is 0 Å². The lowest BCUT2D eigenvalue weighted by atomic mass is 10.4. The lowest BCUT2D eigenvalue weighted by molar-refractivity contribution is 0.858. The Balaban J connectivity index is 2.12. The summed E-state index contributed by atoms with van der Waals surface area (Å²) in [7, 11) is 0. The zero-order valence-electron chi connectivity index (χ0n) is 4.09. The average Bonchev–Trinajstić information content (AvgIpc) is 1.69. The fraction of sp³-hybridized carbons (Fsp3) is 1.00. The molecule has 42 valence electrons. The van der Waals surface area contributed by atoms with E-state index in [0.29, 0.717) is 6.04 Å². The molecule has 0 atom stereocenters. The van der Waals surface area contributed by atoms with Gasteiger partial charge in [0.05, 0.1) is 0 Å². The van der Waals surface area contributed by atoms with Gasteiger partial charge in [0.2, 0.25) is 0 Å². The quantitative estimate of drug-likeness (QED) is 0.531. The normalized spacial score (nSPS) is 25.3. The van der Waals surface area contributed by atoms with Crippen molar-refractivity contribution in [1.29, 1.82) is 0 Å². The van der Waals surface area contributed by atoms with E-state index in [-0.39, 0.29) is 0 Å². The van der Waals surface area contributed by atoms with E-state index in [1.165, 1.54) is 5.08 Å². The van der Waals surface area contributed by atoms with Gasteiger partial charge in [-0.3, -0.25) is 0 Å². The molecule has 0 amide bonds. The number of nitrogens with two attached hydrogens (primary N) is 1. The van der Waals surface area contributed by atoms with Crippen LogP contribution in [-0.4, -0.2) is 22.6 Å². The van der Waals surface area contributed by atoms with Crippen LogP contribution in [0.2, 0.25) is 0 Å². The molecule has 1 rings (SSSR count). The van der Waals surface area contributed by atoms with E-state index < -0.39 is 0 Å². The first-order chi connectivity index (χ1) is 3.39. The van der Waals surface area contributed by atoms with Crippen molar-refractivity contribution in [3.05, 3.63) is 0 Å². The molecule has 0 unspecified atom stereocenters. The molecule has 0 saturated carbocycles. The predicted molar refractivity (Wildman–Crippen MR) is 37.8 cm³/mol. The molecule has 0 aromatic rings. The molecule has 2 N–H and O–H groups in total. The Morgan fingerprint density at radius 3 is 2.14 bits per heavy atom. The van der Waals surface area contributed by atoms with E-state index in [1.54, 1.807) is 0 Å². The smallest absolute Gasteiger partial charge is 0.0393 e. The summed E-state index contributed by atoms with van der Waals surface area (Å²) in [6.45, 7) is 0. The minimum absolute atomic E-state index is 0.462. The monoisotopic (exact) mass is 135 g/mol. The van der Waals surface area contributed by atoms with Crippen LogP contribution in [0.4, 0.5) is 0 Å². The molecule has 3 heteroatoms. The lowest BCUT2D eigenvalue weighted by Gasteiger charge is -2.15. The van der Waals surface area contributed by atoms with Crippen LogP contribution < -0.4 is 5.73 Å². The maximum absolute atomic E-state index is 5.59. The molecule has 1 aliphatic rings. The van der Waals surface area contributed by atoms with Gasteiger partial charge in [0, 0.05) is 22.6 Å². The molecule has 1 heterocycles. The molecule has 0 aromatic carbocycles. The largest absolute Gasteiger partial charge is 0.326 e. The van der Waals surface area contributed by atoms with Gasteiger partial charge in [0.25, 0.3) is 0 Å². The van der Waals surface area contributed by atoms with Gasteiger partial charge < -0.3 is 5.73 Å². The Bertz CT molecular complexity index is 51.7. The second-order valence-corrected chi connectivity index (χ2v) is 4.05. The number of thioether (sulfide) groups is 2. The van der Waals surface area contributed by atoms with Crippen molar-refractivity contribution >= 4 is 23.5 Å². The number of hydrogen-bond acceptors (Lipinski definition) is 3. The van der Waals surface area contributed by atoms with Crippen LogP contribution in [0, 0.1) is 0 Å². The Morgan fingerprint density at radius 1 is 1.29 bits per heavy atom. The first-order valence-corrected chi connectivity index (χ1v) is 4.61. The summed E-state index contributed by atoms with van der Waals surface area (Å²) in [4.78, 5) is 0. The lowest BCUT2D eigenvalue weighted by Crippen LogP contribution is -2.28. The highest BCUT2D eigenvalue weighted by Crippen LogP contribution is 2.19. The molecule has 7 heavy (non-hydrogen) atoms. The fourth-order valence-corrected chi connectivity index (χ4v) is 2.74.